The summed E-state index contributed by atoms with van der Waals surface area (Å²) in [6, 6.07) is 7.50. The number of halogens is 2. The van der Waals surface area contributed by atoms with Gasteiger partial charge in [-0.15, -0.1) is 11.3 Å². The zero-order chi connectivity index (χ0) is 13.0. The molecule has 0 N–H and O–H groups in total. The van der Waals surface area contributed by atoms with Crippen LogP contribution in [0.25, 0.3) is 0 Å². The lowest BCUT2D eigenvalue weighted by Gasteiger charge is -2.04. The largest absolute Gasteiger partial charge is 0.390 e. The van der Waals surface area contributed by atoms with E-state index in [-0.39, 0.29) is 12.2 Å². The van der Waals surface area contributed by atoms with Crippen molar-refractivity contribution in [1.82, 2.24) is 0 Å². The van der Waals surface area contributed by atoms with Crippen LogP contribution in [0.3, 0.4) is 0 Å². The predicted molar refractivity (Wildman–Crippen MR) is 67.7 cm³/mol. The van der Waals surface area contributed by atoms with Crippen LogP contribution < -0.4 is 0 Å². The summed E-state index contributed by atoms with van der Waals surface area (Å²) in [6.07, 6.45) is 0. The van der Waals surface area contributed by atoms with E-state index >= 15 is 0 Å². The minimum Gasteiger partial charge on any atom is -0.390 e. The highest BCUT2D eigenvalue weighted by Gasteiger charge is 2.08. The number of hydrogen-bond donors (Lipinski definition) is 0. The second-order valence-electron chi connectivity index (χ2n) is 3.63. The van der Waals surface area contributed by atoms with Gasteiger partial charge in [-0.1, -0.05) is 17.3 Å². The fraction of sp³-hybridized carbons (Fsp3) is 0.154. The Balaban J connectivity index is 2.02. The third-order valence-corrected chi connectivity index (χ3v) is 3.33. The van der Waals surface area contributed by atoms with Crippen molar-refractivity contribution in [2.24, 2.45) is 5.16 Å². The molecule has 0 spiro atoms. The van der Waals surface area contributed by atoms with Crippen molar-refractivity contribution in [1.29, 1.82) is 0 Å². The third-order valence-electron chi connectivity index (χ3n) is 2.35. The highest BCUT2D eigenvalue weighted by atomic mass is 32.1. The van der Waals surface area contributed by atoms with Crippen LogP contribution in [0.4, 0.5) is 8.78 Å². The van der Waals surface area contributed by atoms with E-state index in [9.17, 15) is 8.78 Å². The van der Waals surface area contributed by atoms with Crippen molar-refractivity contribution in [3.63, 3.8) is 0 Å². The molecular weight excluding hydrogens is 256 g/mol. The smallest absolute Gasteiger partial charge is 0.148 e. The van der Waals surface area contributed by atoms with Gasteiger partial charge in [0.1, 0.15) is 18.2 Å². The average molecular weight is 267 g/mol. The minimum atomic E-state index is -0.626. The molecule has 0 fully saturated rings. The summed E-state index contributed by atoms with van der Waals surface area (Å²) in [4.78, 5) is 5.94. The Kier molecular flexibility index (Phi) is 4.04. The highest BCUT2D eigenvalue weighted by Crippen LogP contribution is 2.14. The molecule has 0 radical (unpaired) electrons. The summed E-state index contributed by atoms with van der Waals surface area (Å²) in [6.45, 7) is 1.56. The molecule has 1 aromatic carbocycles. The van der Waals surface area contributed by atoms with E-state index in [1.54, 1.807) is 6.92 Å². The Labute approximate surface area is 108 Å². The van der Waals surface area contributed by atoms with Gasteiger partial charge >= 0.3 is 0 Å². The molecule has 2 nitrogen and oxygen atoms in total. The van der Waals surface area contributed by atoms with E-state index < -0.39 is 11.6 Å². The maximum absolute atomic E-state index is 13.3. The molecule has 0 atom stereocenters. The van der Waals surface area contributed by atoms with E-state index in [1.165, 1.54) is 29.5 Å². The first kappa shape index (κ1) is 12.7. The first-order valence-electron chi connectivity index (χ1n) is 5.32. The Hall–Kier alpha value is -1.75. The monoisotopic (exact) mass is 267 g/mol. The number of oxime groups is 1. The number of nitrogens with zero attached hydrogens (tertiary/aromatic N) is 1. The van der Waals surface area contributed by atoms with Crippen LogP contribution in [-0.2, 0) is 11.4 Å². The molecule has 1 aromatic heterocycles. The molecule has 5 heteroatoms. The van der Waals surface area contributed by atoms with Crippen molar-refractivity contribution in [2.45, 2.75) is 13.5 Å². The summed E-state index contributed by atoms with van der Waals surface area (Å²) in [5.41, 5.74) is 0.571. The summed E-state index contributed by atoms with van der Waals surface area (Å²) in [7, 11) is 0. The van der Waals surface area contributed by atoms with Crippen LogP contribution >= 0.6 is 11.3 Å². The van der Waals surface area contributed by atoms with E-state index in [4.69, 9.17) is 4.84 Å². The molecule has 0 saturated heterocycles. The molecule has 0 bridgehead atoms. The van der Waals surface area contributed by atoms with Gasteiger partial charge in [-0.25, -0.2) is 8.78 Å². The third kappa shape index (κ3) is 2.92. The van der Waals surface area contributed by atoms with E-state index in [0.29, 0.717) is 5.71 Å². The van der Waals surface area contributed by atoms with Crippen LogP contribution in [0.15, 0.2) is 40.9 Å². The maximum Gasteiger partial charge on any atom is 0.148 e. The molecule has 0 amide bonds. The SMILES string of the molecule is C/C(=N\OCc1c(F)cccc1F)c1cccs1. The molecule has 2 rings (SSSR count). The quantitative estimate of drug-likeness (QED) is 0.607. The lowest BCUT2D eigenvalue weighted by Crippen LogP contribution is -1.98. The molecule has 2 aromatic rings. The zero-order valence-electron chi connectivity index (χ0n) is 9.69. The van der Waals surface area contributed by atoms with Crippen molar-refractivity contribution >= 4 is 17.0 Å². The average Bonchev–Trinajstić information content (AvgIpc) is 2.86. The fourth-order valence-electron chi connectivity index (χ4n) is 1.39. The summed E-state index contributed by atoms with van der Waals surface area (Å²) < 4.78 is 26.6. The van der Waals surface area contributed by atoms with E-state index in [0.717, 1.165) is 4.88 Å². The Morgan fingerprint density at radius 2 is 1.94 bits per heavy atom. The van der Waals surface area contributed by atoms with Gasteiger partial charge in [0.25, 0.3) is 0 Å². The minimum absolute atomic E-state index is 0.111. The van der Waals surface area contributed by atoms with Gasteiger partial charge in [-0.2, -0.15) is 0 Å². The first-order valence-corrected chi connectivity index (χ1v) is 6.20. The molecule has 0 aliphatic heterocycles. The van der Waals surface area contributed by atoms with Crippen molar-refractivity contribution in [2.75, 3.05) is 0 Å². The second-order valence-corrected chi connectivity index (χ2v) is 4.58. The van der Waals surface area contributed by atoms with Gasteiger partial charge in [0.15, 0.2) is 0 Å². The molecule has 0 saturated carbocycles. The van der Waals surface area contributed by atoms with Crippen molar-refractivity contribution < 1.29 is 13.6 Å². The normalized spacial score (nSPS) is 11.6. The molecule has 94 valence electrons. The lowest BCUT2D eigenvalue weighted by molar-refractivity contribution is 0.125. The van der Waals surface area contributed by atoms with Crippen LogP contribution in [0.1, 0.15) is 17.4 Å². The van der Waals surface area contributed by atoms with E-state index in [2.05, 4.69) is 5.16 Å². The Bertz CT molecular complexity index is 532. The molecule has 18 heavy (non-hydrogen) atoms. The van der Waals surface area contributed by atoms with Gasteiger partial charge < -0.3 is 4.84 Å². The molecule has 0 aliphatic carbocycles. The second kappa shape index (κ2) is 5.73. The van der Waals surface area contributed by atoms with Gasteiger partial charge in [-0.3, -0.25) is 0 Å². The number of hydrogen-bond acceptors (Lipinski definition) is 3. The molecule has 1 heterocycles. The lowest BCUT2D eigenvalue weighted by atomic mass is 10.2. The molecule has 0 aliphatic rings. The van der Waals surface area contributed by atoms with Crippen LogP contribution in [0.2, 0.25) is 0 Å². The van der Waals surface area contributed by atoms with Gasteiger partial charge in [0.2, 0.25) is 0 Å². The number of thiophene rings is 1. The van der Waals surface area contributed by atoms with Gasteiger partial charge in [0, 0.05) is 0 Å². The predicted octanol–water partition coefficient (Wildman–Crippen LogP) is 3.97. The van der Waals surface area contributed by atoms with Crippen LogP contribution in [-0.4, -0.2) is 5.71 Å². The van der Waals surface area contributed by atoms with Crippen LogP contribution in [0.5, 0.6) is 0 Å². The van der Waals surface area contributed by atoms with Gasteiger partial charge in [-0.05, 0) is 30.5 Å². The number of rotatable bonds is 4. The summed E-state index contributed by atoms with van der Waals surface area (Å²) in [5, 5.41) is 5.76. The van der Waals surface area contributed by atoms with E-state index in [1.807, 2.05) is 17.5 Å². The summed E-state index contributed by atoms with van der Waals surface area (Å²) >= 11 is 1.52. The Morgan fingerprint density at radius 1 is 1.22 bits per heavy atom. The number of benzene rings is 1. The topological polar surface area (TPSA) is 21.6 Å². The highest BCUT2D eigenvalue weighted by molar-refractivity contribution is 7.12. The first-order chi connectivity index (χ1) is 8.68. The van der Waals surface area contributed by atoms with Crippen molar-refractivity contribution in [3.05, 3.63) is 57.8 Å². The van der Waals surface area contributed by atoms with Crippen LogP contribution in [0, 0.1) is 11.6 Å². The molecular formula is C13H11F2NOS. The zero-order valence-corrected chi connectivity index (χ0v) is 10.5. The van der Waals surface area contributed by atoms with Gasteiger partial charge in [0.05, 0.1) is 16.2 Å². The standard InChI is InChI=1S/C13H11F2NOS/c1-9(13-6-3-7-18-13)16-17-8-10-11(14)4-2-5-12(10)15/h2-7H,8H2,1H3/b16-9+. The molecule has 0 unspecified atom stereocenters. The van der Waals surface area contributed by atoms with Crippen molar-refractivity contribution in [3.8, 4) is 0 Å². The maximum atomic E-state index is 13.3. The fourth-order valence-corrected chi connectivity index (χ4v) is 2.06. The Morgan fingerprint density at radius 3 is 2.56 bits per heavy atom. The summed E-state index contributed by atoms with van der Waals surface area (Å²) in [5.74, 6) is -1.25.